The summed E-state index contributed by atoms with van der Waals surface area (Å²) < 4.78 is 12.9. The molecule has 1 rings (SSSR count). The molecule has 0 unspecified atom stereocenters. The maximum absolute atomic E-state index is 12.9. The van der Waals surface area contributed by atoms with E-state index in [-0.39, 0.29) is 5.82 Å². The summed E-state index contributed by atoms with van der Waals surface area (Å²) in [7, 11) is 0. The van der Waals surface area contributed by atoms with Crippen LogP contribution in [0.15, 0.2) is 23.1 Å². The highest BCUT2D eigenvalue weighted by Crippen LogP contribution is 2.19. The SMILES string of the molecule is CCNCSc1ccc(F)c(C)c1. The van der Waals surface area contributed by atoms with Crippen molar-refractivity contribution in [2.75, 3.05) is 12.4 Å². The van der Waals surface area contributed by atoms with Crippen LogP contribution in [0.1, 0.15) is 12.5 Å². The van der Waals surface area contributed by atoms with Crippen LogP contribution in [0, 0.1) is 12.7 Å². The Bertz CT molecular complexity index is 276. The Morgan fingerprint density at radius 3 is 2.85 bits per heavy atom. The van der Waals surface area contributed by atoms with Crippen LogP contribution in [0.5, 0.6) is 0 Å². The van der Waals surface area contributed by atoms with Gasteiger partial charge < -0.3 is 5.32 Å². The van der Waals surface area contributed by atoms with E-state index < -0.39 is 0 Å². The maximum Gasteiger partial charge on any atom is 0.126 e. The number of hydrogen-bond acceptors (Lipinski definition) is 2. The van der Waals surface area contributed by atoms with E-state index >= 15 is 0 Å². The van der Waals surface area contributed by atoms with Crippen LogP contribution in [0.3, 0.4) is 0 Å². The Balaban J connectivity index is 2.53. The second kappa shape index (κ2) is 5.25. The van der Waals surface area contributed by atoms with Gasteiger partial charge in [-0.15, -0.1) is 11.8 Å². The van der Waals surface area contributed by atoms with Crippen molar-refractivity contribution in [3.8, 4) is 0 Å². The molecule has 0 fully saturated rings. The van der Waals surface area contributed by atoms with Gasteiger partial charge in [0.15, 0.2) is 0 Å². The third-order valence-corrected chi connectivity index (χ3v) is 2.66. The minimum absolute atomic E-state index is 0.132. The highest BCUT2D eigenvalue weighted by atomic mass is 32.2. The molecule has 1 nitrogen and oxygen atoms in total. The van der Waals surface area contributed by atoms with E-state index in [2.05, 4.69) is 12.2 Å². The summed E-state index contributed by atoms with van der Waals surface area (Å²) in [6, 6.07) is 5.20. The molecule has 0 atom stereocenters. The van der Waals surface area contributed by atoms with Gasteiger partial charge in [0.1, 0.15) is 5.82 Å². The van der Waals surface area contributed by atoms with Gasteiger partial charge in [-0.2, -0.15) is 0 Å². The lowest BCUT2D eigenvalue weighted by Crippen LogP contribution is -2.10. The molecule has 3 heteroatoms. The quantitative estimate of drug-likeness (QED) is 0.454. The number of nitrogens with one attached hydrogen (secondary N) is 1. The lowest BCUT2D eigenvalue weighted by atomic mass is 10.2. The molecule has 0 aliphatic rings. The maximum atomic E-state index is 12.9. The molecule has 72 valence electrons. The first-order valence-electron chi connectivity index (χ1n) is 4.33. The van der Waals surface area contributed by atoms with Crippen LogP contribution in [-0.4, -0.2) is 12.4 Å². The number of halogens is 1. The summed E-state index contributed by atoms with van der Waals surface area (Å²) >= 11 is 1.69. The summed E-state index contributed by atoms with van der Waals surface area (Å²) in [6.07, 6.45) is 0. The van der Waals surface area contributed by atoms with Crippen molar-refractivity contribution in [1.82, 2.24) is 5.32 Å². The molecule has 1 aromatic carbocycles. The van der Waals surface area contributed by atoms with Gasteiger partial charge >= 0.3 is 0 Å². The third kappa shape index (κ3) is 3.36. The second-order valence-electron chi connectivity index (χ2n) is 2.80. The molecule has 0 aromatic heterocycles. The molecule has 0 spiro atoms. The fraction of sp³-hybridized carbons (Fsp3) is 0.400. The van der Waals surface area contributed by atoms with Gasteiger partial charge in [-0.3, -0.25) is 0 Å². The van der Waals surface area contributed by atoms with Gasteiger partial charge in [0, 0.05) is 10.8 Å². The first-order valence-corrected chi connectivity index (χ1v) is 5.32. The fourth-order valence-corrected chi connectivity index (χ4v) is 1.84. The third-order valence-electron chi connectivity index (χ3n) is 1.72. The smallest absolute Gasteiger partial charge is 0.126 e. The first kappa shape index (κ1) is 10.5. The van der Waals surface area contributed by atoms with Crippen molar-refractivity contribution in [2.24, 2.45) is 0 Å². The van der Waals surface area contributed by atoms with Crippen LogP contribution in [0.4, 0.5) is 4.39 Å². The van der Waals surface area contributed by atoms with Crippen molar-refractivity contribution in [3.05, 3.63) is 29.6 Å². The Morgan fingerprint density at radius 2 is 2.23 bits per heavy atom. The molecule has 0 heterocycles. The van der Waals surface area contributed by atoms with Gasteiger partial charge in [0.25, 0.3) is 0 Å². The molecular weight excluding hydrogens is 185 g/mol. The predicted octanol–water partition coefficient (Wildman–Crippen LogP) is 2.79. The molecule has 0 saturated heterocycles. The van der Waals surface area contributed by atoms with Crippen LogP contribution in [-0.2, 0) is 0 Å². The fourth-order valence-electron chi connectivity index (χ4n) is 0.943. The first-order chi connectivity index (χ1) is 6.24. The van der Waals surface area contributed by atoms with Gasteiger partial charge in [0.2, 0.25) is 0 Å². The minimum Gasteiger partial charge on any atom is -0.308 e. The lowest BCUT2D eigenvalue weighted by Gasteiger charge is -2.03. The number of benzene rings is 1. The van der Waals surface area contributed by atoms with E-state index in [1.807, 2.05) is 12.1 Å². The predicted molar refractivity (Wildman–Crippen MR) is 55.5 cm³/mol. The summed E-state index contributed by atoms with van der Waals surface area (Å²) in [5.74, 6) is 0.745. The zero-order valence-electron chi connectivity index (χ0n) is 7.93. The van der Waals surface area contributed by atoms with E-state index in [9.17, 15) is 4.39 Å². The monoisotopic (exact) mass is 199 g/mol. The molecular formula is C10H14FNS. The average Bonchev–Trinajstić information content (AvgIpc) is 2.12. The van der Waals surface area contributed by atoms with Crippen molar-refractivity contribution in [1.29, 1.82) is 0 Å². The average molecular weight is 199 g/mol. The van der Waals surface area contributed by atoms with E-state index in [0.717, 1.165) is 17.3 Å². The molecule has 1 N–H and O–H groups in total. The zero-order chi connectivity index (χ0) is 9.68. The zero-order valence-corrected chi connectivity index (χ0v) is 8.75. The van der Waals surface area contributed by atoms with Crippen molar-refractivity contribution >= 4 is 11.8 Å². The lowest BCUT2D eigenvalue weighted by molar-refractivity contribution is 0.617. The van der Waals surface area contributed by atoms with Crippen LogP contribution < -0.4 is 5.32 Å². The Hall–Kier alpha value is -0.540. The molecule has 0 aliphatic heterocycles. The Morgan fingerprint density at radius 1 is 1.46 bits per heavy atom. The standard InChI is InChI=1S/C10H14FNS/c1-3-12-7-13-9-4-5-10(11)8(2)6-9/h4-6,12H,3,7H2,1-2H3. The second-order valence-corrected chi connectivity index (χ2v) is 3.85. The normalized spacial score (nSPS) is 10.4. The number of thioether (sulfide) groups is 1. The number of aryl methyl sites for hydroxylation is 1. The van der Waals surface area contributed by atoms with Crippen molar-refractivity contribution < 1.29 is 4.39 Å². The molecule has 0 bridgehead atoms. The van der Waals surface area contributed by atoms with Crippen molar-refractivity contribution in [2.45, 2.75) is 18.7 Å². The van der Waals surface area contributed by atoms with E-state index in [1.165, 1.54) is 6.07 Å². The topological polar surface area (TPSA) is 12.0 Å². The highest BCUT2D eigenvalue weighted by Gasteiger charge is 1.98. The van der Waals surface area contributed by atoms with Crippen molar-refractivity contribution in [3.63, 3.8) is 0 Å². The molecule has 0 aliphatic carbocycles. The highest BCUT2D eigenvalue weighted by molar-refractivity contribution is 7.99. The Kier molecular flexibility index (Phi) is 4.25. The van der Waals surface area contributed by atoms with Gasteiger partial charge in [-0.1, -0.05) is 6.92 Å². The van der Waals surface area contributed by atoms with Gasteiger partial charge in [-0.25, -0.2) is 4.39 Å². The van der Waals surface area contributed by atoms with Crippen LogP contribution >= 0.6 is 11.8 Å². The molecule has 13 heavy (non-hydrogen) atoms. The minimum atomic E-state index is -0.132. The number of rotatable bonds is 4. The van der Waals surface area contributed by atoms with Crippen LogP contribution in [0.2, 0.25) is 0 Å². The summed E-state index contributed by atoms with van der Waals surface area (Å²) in [5, 5.41) is 3.20. The Labute approximate surface area is 82.7 Å². The summed E-state index contributed by atoms with van der Waals surface area (Å²) in [6.45, 7) is 4.82. The molecule has 0 saturated carbocycles. The molecule has 1 aromatic rings. The number of hydrogen-bond donors (Lipinski definition) is 1. The van der Waals surface area contributed by atoms with E-state index in [0.29, 0.717) is 5.56 Å². The van der Waals surface area contributed by atoms with E-state index in [1.54, 1.807) is 18.7 Å². The molecule has 0 amide bonds. The summed E-state index contributed by atoms with van der Waals surface area (Å²) in [4.78, 5) is 1.11. The van der Waals surface area contributed by atoms with Crippen LogP contribution in [0.25, 0.3) is 0 Å². The largest absolute Gasteiger partial charge is 0.308 e. The van der Waals surface area contributed by atoms with Gasteiger partial charge in [-0.05, 0) is 37.2 Å². The van der Waals surface area contributed by atoms with Gasteiger partial charge in [0.05, 0.1) is 0 Å². The molecule has 0 radical (unpaired) electrons. The summed E-state index contributed by atoms with van der Waals surface area (Å²) in [5.41, 5.74) is 0.710. The van der Waals surface area contributed by atoms with E-state index in [4.69, 9.17) is 0 Å².